The number of nitrogens with one attached hydrogen (secondary N) is 1. The topological polar surface area (TPSA) is 57.9 Å². The highest BCUT2D eigenvalue weighted by atomic mass is 79.9. The highest BCUT2D eigenvalue weighted by Crippen LogP contribution is 2.30. The van der Waals surface area contributed by atoms with Gasteiger partial charge >= 0.3 is 0 Å². The van der Waals surface area contributed by atoms with Crippen LogP contribution in [-0.2, 0) is 0 Å². The summed E-state index contributed by atoms with van der Waals surface area (Å²) < 4.78 is 1.07. The van der Waals surface area contributed by atoms with E-state index in [-0.39, 0.29) is 6.04 Å². The van der Waals surface area contributed by atoms with Crippen LogP contribution < -0.4 is 10.6 Å². The molecule has 2 aromatic rings. The van der Waals surface area contributed by atoms with Gasteiger partial charge in [-0.2, -0.15) is 5.10 Å². The molecule has 0 amide bonds. The van der Waals surface area contributed by atoms with E-state index in [1.807, 2.05) is 12.1 Å². The first-order valence-corrected chi connectivity index (χ1v) is 7.76. The van der Waals surface area contributed by atoms with E-state index in [0.29, 0.717) is 0 Å². The Kier molecular flexibility index (Phi) is 3.81. The van der Waals surface area contributed by atoms with Gasteiger partial charge in [-0.05, 0) is 31.9 Å². The largest absolute Gasteiger partial charge is 0.353 e. The molecular weight excluding hydrogens is 316 g/mol. The average molecular weight is 335 g/mol. The van der Waals surface area contributed by atoms with Crippen LogP contribution in [0.2, 0.25) is 0 Å². The quantitative estimate of drug-likeness (QED) is 0.887. The molecule has 3 N–H and O–H groups in total. The van der Waals surface area contributed by atoms with Crippen molar-refractivity contribution in [3.63, 3.8) is 0 Å². The van der Waals surface area contributed by atoms with E-state index in [4.69, 9.17) is 5.73 Å². The summed E-state index contributed by atoms with van der Waals surface area (Å²) in [5, 5.41) is 7.69. The van der Waals surface area contributed by atoms with Crippen LogP contribution in [0, 0.1) is 6.92 Å². The standard InChI is InChI=1S/C15H19BrN4/c1-10-14(11-4-2-5-12(16)8-11)18-19-15(10)20-7-3-6-13(17)9-20/h2,4-5,8,13H,3,6-7,9,17H2,1H3,(H,18,19). The van der Waals surface area contributed by atoms with Gasteiger partial charge in [0.15, 0.2) is 5.82 Å². The van der Waals surface area contributed by atoms with Crippen molar-refractivity contribution in [3.8, 4) is 11.3 Å². The molecule has 3 rings (SSSR count). The van der Waals surface area contributed by atoms with Gasteiger partial charge in [0.2, 0.25) is 0 Å². The van der Waals surface area contributed by atoms with Gasteiger partial charge in [0.05, 0.1) is 5.69 Å². The number of hydrogen-bond acceptors (Lipinski definition) is 3. The van der Waals surface area contributed by atoms with Crippen molar-refractivity contribution in [2.75, 3.05) is 18.0 Å². The van der Waals surface area contributed by atoms with Crippen molar-refractivity contribution in [2.45, 2.75) is 25.8 Å². The zero-order valence-corrected chi connectivity index (χ0v) is 13.2. The third-order valence-electron chi connectivity index (χ3n) is 3.85. The Bertz CT molecular complexity index is 608. The summed E-state index contributed by atoms with van der Waals surface area (Å²) in [7, 11) is 0. The Morgan fingerprint density at radius 1 is 1.45 bits per heavy atom. The summed E-state index contributed by atoms with van der Waals surface area (Å²) in [6.45, 7) is 4.05. The Morgan fingerprint density at radius 2 is 2.30 bits per heavy atom. The number of H-pyrrole nitrogens is 1. The van der Waals surface area contributed by atoms with Crippen LogP contribution in [0.1, 0.15) is 18.4 Å². The Hall–Kier alpha value is -1.33. The number of aromatic amines is 1. The van der Waals surface area contributed by atoms with Crippen molar-refractivity contribution in [1.29, 1.82) is 0 Å². The molecule has 5 heteroatoms. The number of benzene rings is 1. The Labute approximate surface area is 127 Å². The molecule has 1 atom stereocenters. The molecule has 2 heterocycles. The molecule has 106 valence electrons. The Balaban J connectivity index is 1.92. The zero-order chi connectivity index (χ0) is 14.1. The molecule has 1 fully saturated rings. The van der Waals surface area contributed by atoms with Crippen molar-refractivity contribution in [1.82, 2.24) is 10.2 Å². The summed E-state index contributed by atoms with van der Waals surface area (Å²) in [4.78, 5) is 2.29. The summed E-state index contributed by atoms with van der Waals surface area (Å²) in [5.74, 6) is 1.04. The van der Waals surface area contributed by atoms with Crippen LogP contribution in [0.25, 0.3) is 11.3 Å². The maximum Gasteiger partial charge on any atom is 0.153 e. The number of piperidine rings is 1. The molecule has 0 saturated carbocycles. The second-order valence-corrected chi connectivity index (χ2v) is 6.32. The van der Waals surface area contributed by atoms with E-state index >= 15 is 0 Å². The third kappa shape index (κ3) is 2.60. The van der Waals surface area contributed by atoms with Crippen LogP contribution in [0.4, 0.5) is 5.82 Å². The van der Waals surface area contributed by atoms with Gasteiger partial charge < -0.3 is 10.6 Å². The lowest BCUT2D eigenvalue weighted by molar-refractivity contribution is 0.502. The van der Waals surface area contributed by atoms with E-state index in [2.05, 4.69) is 50.1 Å². The number of aromatic nitrogens is 2. The molecule has 1 aromatic carbocycles. The molecule has 1 aromatic heterocycles. The minimum Gasteiger partial charge on any atom is -0.353 e. The number of hydrogen-bond donors (Lipinski definition) is 2. The smallest absolute Gasteiger partial charge is 0.153 e. The predicted octanol–water partition coefficient (Wildman–Crippen LogP) is 3.08. The fourth-order valence-electron chi connectivity index (χ4n) is 2.82. The van der Waals surface area contributed by atoms with Gasteiger partial charge in [0.25, 0.3) is 0 Å². The number of rotatable bonds is 2. The van der Waals surface area contributed by atoms with Crippen LogP contribution in [0.3, 0.4) is 0 Å². The molecule has 0 radical (unpaired) electrons. The highest BCUT2D eigenvalue weighted by molar-refractivity contribution is 9.10. The number of anilines is 1. The number of halogens is 1. The second-order valence-electron chi connectivity index (χ2n) is 5.41. The normalized spacial score (nSPS) is 19.4. The monoisotopic (exact) mass is 334 g/mol. The van der Waals surface area contributed by atoms with Crippen LogP contribution in [0.15, 0.2) is 28.7 Å². The Morgan fingerprint density at radius 3 is 3.05 bits per heavy atom. The van der Waals surface area contributed by atoms with Gasteiger partial charge in [-0.15, -0.1) is 0 Å². The van der Waals surface area contributed by atoms with E-state index < -0.39 is 0 Å². The lowest BCUT2D eigenvalue weighted by atomic mass is 10.0. The van der Waals surface area contributed by atoms with E-state index in [1.54, 1.807) is 0 Å². The first kappa shape index (κ1) is 13.6. The lowest BCUT2D eigenvalue weighted by Gasteiger charge is -2.31. The highest BCUT2D eigenvalue weighted by Gasteiger charge is 2.22. The zero-order valence-electron chi connectivity index (χ0n) is 11.6. The average Bonchev–Trinajstić information content (AvgIpc) is 2.80. The van der Waals surface area contributed by atoms with Crippen LogP contribution in [0.5, 0.6) is 0 Å². The van der Waals surface area contributed by atoms with Gasteiger partial charge in [0.1, 0.15) is 0 Å². The molecule has 1 aliphatic rings. The summed E-state index contributed by atoms with van der Waals surface area (Å²) in [6.07, 6.45) is 2.25. The van der Waals surface area contributed by atoms with Gasteiger partial charge in [-0.1, -0.05) is 28.1 Å². The fourth-order valence-corrected chi connectivity index (χ4v) is 3.22. The molecular formula is C15H19BrN4. The van der Waals surface area contributed by atoms with Crippen molar-refractivity contribution < 1.29 is 0 Å². The lowest BCUT2D eigenvalue weighted by Crippen LogP contribution is -2.43. The molecule has 4 nitrogen and oxygen atoms in total. The maximum atomic E-state index is 6.06. The van der Waals surface area contributed by atoms with Crippen molar-refractivity contribution in [3.05, 3.63) is 34.3 Å². The number of nitrogens with two attached hydrogens (primary N) is 1. The van der Waals surface area contributed by atoms with Crippen molar-refractivity contribution >= 4 is 21.7 Å². The van der Waals surface area contributed by atoms with E-state index in [9.17, 15) is 0 Å². The summed E-state index contributed by atoms with van der Waals surface area (Å²) >= 11 is 3.51. The van der Waals surface area contributed by atoms with E-state index in [0.717, 1.165) is 47.5 Å². The minimum absolute atomic E-state index is 0.258. The molecule has 1 unspecified atom stereocenters. The van der Waals surface area contributed by atoms with Gasteiger partial charge in [-0.25, -0.2) is 0 Å². The molecule has 0 spiro atoms. The minimum atomic E-state index is 0.258. The predicted molar refractivity (Wildman–Crippen MR) is 85.9 cm³/mol. The SMILES string of the molecule is Cc1c(N2CCCC(N)C2)n[nH]c1-c1cccc(Br)c1. The maximum absolute atomic E-state index is 6.06. The second kappa shape index (κ2) is 5.58. The van der Waals surface area contributed by atoms with Crippen LogP contribution >= 0.6 is 15.9 Å². The van der Waals surface area contributed by atoms with Gasteiger partial charge in [-0.3, -0.25) is 5.10 Å². The molecule has 1 saturated heterocycles. The van der Waals surface area contributed by atoms with Crippen LogP contribution in [-0.4, -0.2) is 29.3 Å². The van der Waals surface area contributed by atoms with Gasteiger partial charge in [0, 0.05) is 34.7 Å². The first-order valence-electron chi connectivity index (χ1n) is 6.96. The summed E-state index contributed by atoms with van der Waals surface area (Å²) in [5.41, 5.74) is 9.49. The molecule has 0 aliphatic carbocycles. The molecule has 1 aliphatic heterocycles. The fraction of sp³-hybridized carbons (Fsp3) is 0.400. The van der Waals surface area contributed by atoms with E-state index in [1.165, 1.54) is 5.56 Å². The summed E-state index contributed by atoms with van der Waals surface area (Å²) in [6, 6.07) is 8.52. The van der Waals surface area contributed by atoms with Crippen molar-refractivity contribution in [2.24, 2.45) is 5.73 Å². The molecule has 20 heavy (non-hydrogen) atoms. The third-order valence-corrected chi connectivity index (χ3v) is 4.35. The number of nitrogens with zero attached hydrogens (tertiary/aromatic N) is 2. The molecule has 0 bridgehead atoms. The first-order chi connectivity index (χ1) is 9.65.